The maximum atomic E-state index is 6.35. The lowest BCUT2D eigenvalue weighted by Gasteiger charge is -2.29. The van der Waals surface area contributed by atoms with Crippen molar-refractivity contribution < 1.29 is 0 Å². The monoisotopic (exact) mass is 377 g/mol. The highest BCUT2D eigenvalue weighted by Gasteiger charge is 2.24. The fourth-order valence-electron chi connectivity index (χ4n) is 4.00. The van der Waals surface area contributed by atoms with Crippen molar-refractivity contribution in [2.45, 2.75) is 44.7 Å². The van der Waals surface area contributed by atoms with Gasteiger partial charge in [0.1, 0.15) is 10.3 Å². The van der Waals surface area contributed by atoms with Crippen LogP contribution in [0.5, 0.6) is 0 Å². The second-order valence-corrected chi connectivity index (χ2v) is 8.42. The highest BCUT2D eigenvalue weighted by molar-refractivity contribution is 7.21. The lowest BCUT2D eigenvalue weighted by atomic mass is 9.91. The molecule has 1 fully saturated rings. The second-order valence-electron chi connectivity index (χ2n) is 7.39. The quantitative estimate of drug-likeness (QED) is 0.547. The SMILES string of the molecule is Cc1cnc2c(N[C@H]3CCCC[C@@H]3N)nc3cc(-c4ccccc4)sc3n12. The first-order valence-corrected chi connectivity index (χ1v) is 10.4. The zero-order valence-electron chi connectivity index (χ0n) is 15.4. The number of aromatic nitrogens is 3. The van der Waals surface area contributed by atoms with Crippen LogP contribution in [0, 0.1) is 6.92 Å². The summed E-state index contributed by atoms with van der Waals surface area (Å²) in [6.45, 7) is 2.09. The van der Waals surface area contributed by atoms with Crippen LogP contribution in [0.1, 0.15) is 31.4 Å². The molecule has 4 aromatic rings. The minimum Gasteiger partial charge on any atom is -0.363 e. The standard InChI is InChI=1S/C21H23N5S/c1-13-12-23-20-19(24-16-10-6-5-9-15(16)22)25-17-11-18(27-21(17)26(13)20)14-7-3-2-4-8-14/h2-4,7-8,11-12,15-16H,5-6,9-10,22H2,1H3,(H,24,25)/t15-,16-/m0/s1. The van der Waals surface area contributed by atoms with Gasteiger partial charge in [0.05, 0.1) is 0 Å². The number of hydrogen-bond donors (Lipinski definition) is 2. The van der Waals surface area contributed by atoms with Gasteiger partial charge in [-0.3, -0.25) is 4.40 Å². The number of nitrogens with two attached hydrogens (primary N) is 1. The predicted octanol–water partition coefficient (Wildman–Crippen LogP) is 4.60. The van der Waals surface area contributed by atoms with Gasteiger partial charge in [-0.25, -0.2) is 9.97 Å². The van der Waals surface area contributed by atoms with Crippen LogP contribution in [0.3, 0.4) is 0 Å². The molecule has 6 heteroatoms. The molecule has 1 saturated carbocycles. The summed E-state index contributed by atoms with van der Waals surface area (Å²) in [6, 6.07) is 13.1. The van der Waals surface area contributed by atoms with Gasteiger partial charge >= 0.3 is 0 Å². The molecule has 0 saturated heterocycles. The van der Waals surface area contributed by atoms with E-state index in [1.807, 2.05) is 12.3 Å². The average Bonchev–Trinajstić information content (AvgIpc) is 3.28. The average molecular weight is 378 g/mol. The Labute approximate surface area is 162 Å². The minimum absolute atomic E-state index is 0.176. The summed E-state index contributed by atoms with van der Waals surface area (Å²) in [5.74, 6) is 0.843. The first kappa shape index (κ1) is 16.7. The van der Waals surface area contributed by atoms with Gasteiger partial charge in [-0.15, -0.1) is 11.3 Å². The Morgan fingerprint density at radius 1 is 1.19 bits per heavy atom. The maximum Gasteiger partial charge on any atom is 0.181 e. The number of nitrogens with one attached hydrogen (secondary N) is 1. The molecule has 2 atom stereocenters. The smallest absolute Gasteiger partial charge is 0.181 e. The lowest BCUT2D eigenvalue weighted by molar-refractivity contribution is 0.403. The molecule has 27 heavy (non-hydrogen) atoms. The van der Waals surface area contributed by atoms with E-state index in [1.165, 1.54) is 23.3 Å². The number of thiophene rings is 1. The fourth-order valence-corrected chi connectivity index (χ4v) is 5.16. The van der Waals surface area contributed by atoms with Gasteiger partial charge in [-0.2, -0.15) is 0 Å². The molecule has 0 spiro atoms. The van der Waals surface area contributed by atoms with E-state index in [0.29, 0.717) is 0 Å². The molecule has 1 aliphatic carbocycles. The van der Waals surface area contributed by atoms with Gasteiger partial charge in [0.15, 0.2) is 11.5 Å². The summed E-state index contributed by atoms with van der Waals surface area (Å²) in [6.07, 6.45) is 6.51. The molecule has 3 aromatic heterocycles. The van der Waals surface area contributed by atoms with Gasteiger partial charge in [0, 0.05) is 28.9 Å². The molecule has 0 aliphatic heterocycles. The summed E-state index contributed by atoms with van der Waals surface area (Å²) < 4.78 is 2.22. The summed E-state index contributed by atoms with van der Waals surface area (Å²) in [7, 11) is 0. The molecule has 0 bridgehead atoms. The third-order valence-electron chi connectivity index (χ3n) is 5.48. The Morgan fingerprint density at radius 2 is 2.00 bits per heavy atom. The highest BCUT2D eigenvalue weighted by Crippen LogP contribution is 2.35. The third kappa shape index (κ3) is 2.89. The van der Waals surface area contributed by atoms with Crippen LogP contribution in [0.2, 0.25) is 0 Å². The molecule has 0 amide bonds. The Morgan fingerprint density at radius 3 is 2.81 bits per heavy atom. The third-order valence-corrected chi connectivity index (χ3v) is 6.64. The van der Waals surface area contributed by atoms with E-state index in [1.54, 1.807) is 11.3 Å². The van der Waals surface area contributed by atoms with Gasteiger partial charge in [-0.05, 0) is 31.4 Å². The fraction of sp³-hybridized carbons (Fsp3) is 0.333. The van der Waals surface area contributed by atoms with Crippen molar-refractivity contribution in [2.75, 3.05) is 5.32 Å². The zero-order chi connectivity index (χ0) is 18.4. The molecule has 1 aromatic carbocycles. The van der Waals surface area contributed by atoms with Crippen LogP contribution in [-0.4, -0.2) is 26.5 Å². The van der Waals surface area contributed by atoms with Crippen LogP contribution in [-0.2, 0) is 0 Å². The molecule has 3 heterocycles. The van der Waals surface area contributed by atoms with Gasteiger partial charge in [0.2, 0.25) is 0 Å². The summed E-state index contributed by atoms with van der Waals surface area (Å²) >= 11 is 1.76. The van der Waals surface area contributed by atoms with Crippen molar-refractivity contribution in [2.24, 2.45) is 5.73 Å². The molecule has 0 radical (unpaired) electrons. The molecule has 5 nitrogen and oxygen atoms in total. The van der Waals surface area contributed by atoms with E-state index in [-0.39, 0.29) is 12.1 Å². The summed E-state index contributed by atoms with van der Waals surface area (Å²) in [5.41, 5.74) is 10.6. The minimum atomic E-state index is 0.176. The van der Waals surface area contributed by atoms with E-state index < -0.39 is 0 Å². The topological polar surface area (TPSA) is 68.2 Å². The number of nitrogens with zero attached hydrogens (tertiary/aromatic N) is 3. The largest absolute Gasteiger partial charge is 0.363 e. The number of anilines is 1. The van der Waals surface area contributed by atoms with Crippen molar-refractivity contribution >= 4 is 33.1 Å². The Kier molecular flexibility index (Phi) is 4.10. The van der Waals surface area contributed by atoms with Crippen molar-refractivity contribution in [1.29, 1.82) is 0 Å². The Hall–Kier alpha value is -2.44. The lowest BCUT2D eigenvalue weighted by Crippen LogP contribution is -2.42. The molecular weight excluding hydrogens is 354 g/mol. The number of imidazole rings is 1. The summed E-state index contributed by atoms with van der Waals surface area (Å²) in [5, 5.41) is 3.61. The molecule has 5 rings (SSSR count). The molecule has 138 valence electrons. The van der Waals surface area contributed by atoms with E-state index in [4.69, 9.17) is 10.7 Å². The number of rotatable bonds is 3. The van der Waals surface area contributed by atoms with E-state index in [9.17, 15) is 0 Å². The van der Waals surface area contributed by atoms with E-state index >= 15 is 0 Å². The maximum absolute atomic E-state index is 6.35. The van der Waals surface area contributed by atoms with Crippen LogP contribution < -0.4 is 11.1 Å². The number of fused-ring (bicyclic) bond motifs is 3. The second kappa shape index (κ2) is 6.62. The van der Waals surface area contributed by atoms with Crippen LogP contribution in [0.15, 0.2) is 42.6 Å². The van der Waals surface area contributed by atoms with Gasteiger partial charge in [-0.1, -0.05) is 43.2 Å². The first-order chi connectivity index (χ1) is 13.2. The number of aryl methyl sites for hydroxylation is 1. The molecule has 0 unspecified atom stereocenters. The molecule has 1 aliphatic rings. The van der Waals surface area contributed by atoms with Crippen molar-refractivity contribution in [1.82, 2.24) is 14.4 Å². The van der Waals surface area contributed by atoms with Crippen molar-refractivity contribution in [3.05, 3.63) is 48.3 Å². The highest BCUT2D eigenvalue weighted by atomic mass is 32.1. The van der Waals surface area contributed by atoms with Gasteiger partial charge < -0.3 is 11.1 Å². The predicted molar refractivity (Wildman–Crippen MR) is 112 cm³/mol. The van der Waals surface area contributed by atoms with Crippen molar-refractivity contribution in [3.63, 3.8) is 0 Å². The van der Waals surface area contributed by atoms with Crippen LogP contribution in [0.4, 0.5) is 5.82 Å². The van der Waals surface area contributed by atoms with E-state index in [0.717, 1.165) is 40.3 Å². The molecular formula is C21H23N5S. The van der Waals surface area contributed by atoms with Gasteiger partial charge in [0.25, 0.3) is 0 Å². The Balaban J connectivity index is 1.65. The van der Waals surface area contributed by atoms with Crippen LogP contribution >= 0.6 is 11.3 Å². The molecule has 3 N–H and O–H groups in total. The number of benzene rings is 1. The Bertz CT molecular complexity index is 1100. The summed E-state index contributed by atoms with van der Waals surface area (Å²) in [4.78, 5) is 12.0. The normalized spacial score (nSPS) is 20.4. The number of hydrogen-bond acceptors (Lipinski definition) is 5. The first-order valence-electron chi connectivity index (χ1n) is 9.56. The van der Waals surface area contributed by atoms with E-state index in [2.05, 4.69) is 52.0 Å². The zero-order valence-corrected chi connectivity index (χ0v) is 16.2. The van der Waals surface area contributed by atoms with Crippen molar-refractivity contribution in [3.8, 4) is 10.4 Å². The van der Waals surface area contributed by atoms with Crippen LogP contribution in [0.25, 0.3) is 26.4 Å².